The molecule has 0 saturated carbocycles. The molecule has 19 heavy (non-hydrogen) atoms. The summed E-state index contributed by atoms with van der Waals surface area (Å²) in [5, 5.41) is 0. The Bertz CT molecular complexity index is 403. The maximum absolute atomic E-state index is 13.8. The Hall–Kier alpha value is -1.13. The number of ether oxygens (including phenoxy) is 1. The molecule has 3 nitrogen and oxygen atoms in total. The zero-order valence-corrected chi connectivity index (χ0v) is 11.9. The van der Waals surface area contributed by atoms with Gasteiger partial charge in [-0.15, -0.1) is 0 Å². The van der Waals surface area contributed by atoms with E-state index in [1.807, 2.05) is 6.07 Å². The molecular formula is C15H23FN2O. The fraction of sp³-hybridized carbons (Fsp3) is 0.600. The minimum atomic E-state index is -0.155. The lowest BCUT2D eigenvalue weighted by Gasteiger charge is -2.32. The Labute approximate surface area is 115 Å². The third kappa shape index (κ3) is 3.91. The fourth-order valence-corrected chi connectivity index (χ4v) is 2.52. The minimum Gasteiger partial charge on any atom is -0.496 e. The first-order valence-electron chi connectivity index (χ1n) is 6.93. The molecule has 4 heteroatoms. The molecule has 1 aliphatic rings. The summed E-state index contributed by atoms with van der Waals surface area (Å²) in [6.45, 7) is 5.52. The van der Waals surface area contributed by atoms with Crippen molar-refractivity contribution in [3.8, 4) is 5.75 Å². The van der Waals surface area contributed by atoms with Crippen LogP contribution < -0.4 is 4.74 Å². The fourth-order valence-electron chi connectivity index (χ4n) is 2.52. The standard InChI is InChI=1S/C15H23FN2O/c1-17-9-11-18(12-10-17)8-4-5-13-14(16)6-3-7-15(13)19-2/h3,6-7H,4-5,8-12H2,1-2H3. The van der Waals surface area contributed by atoms with Crippen LogP contribution in [0, 0.1) is 5.82 Å². The van der Waals surface area contributed by atoms with Crippen molar-refractivity contribution in [2.24, 2.45) is 0 Å². The molecule has 2 rings (SSSR count). The molecule has 0 atom stereocenters. The molecule has 0 aromatic heterocycles. The van der Waals surface area contributed by atoms with Crippen molar-refractivity contribution in [2.75, 3.05) is 46.9 Å². The van der Waals surface area contributed by atoms with Crippen LogP contribution in [-0.2, 0) is 6.42 Å². The van der Waals surface area contributed by atoms with Crippen molar-refractivity contribution in [1.82, 2.24) is 9.80 Å². The van der Waals surface area contributed by atoms with Crippen LogP contribution in [0.1, 0.15) is 12.0 Å². The summed E-state index contributed by atoms with van der Waals surface area (Å²) in [6.07, 6.45) is 1.71. The Kier molecular flexibility index (Phi) is 5.16. The molecule has 0 bridgehead atoms. The Balaban J connectivity index is 1.82. The van der Waals surface area contributed by atoms with Crippen LogP contribution in [-0.4, -0.2) is 56.7 Å². The van der Waals surface area contributed by atoms with Gasteiger partial charge in [0.25, 0.3) is 0 Å². The van der Waals surface area contributed by atoms with E-state index in [1.54, 1.807) is 13.2 Å². The van der Waals surface area contributed by atoms with E-state index in [4.69, 9.17) is 4.74 Å². The van der Waals surface area contributed by atoms with Crippen LogP contribution in [0.25, 0.3) is 0 Å². The van der Waals surface area contributed by atoms with E-state index in [-0.39, 0.29) is 5.82 Å². The third-order valence-corrected chi connectivity index (χ3v) is 3.79. The van der Waals surface area contributed by atoms with Gasteiger partial charge in [0.15, 0.2) is 0 Å². The SMILES string of the molecule is COc1cccc(F)c1CCCN1CCN(C)CC1. The minimum absolute atomic E-state index is 0.155. The molecule has 1 fully saturated rings. The van der Waals surface area contributed by atoms with E-state index in [2.05, 4.69) is 16.8 Å². The Morgan fingerprint density at radius 1 is 1.21 bits per heavy atom. The number of nitrogens with zero attached hydrogens (tertiary/aromatic N) is 2. The van der Waals surface area contributed by atoms with Crippen molar-refractivity contribution in [3.05, 3.63) is 29.6 Å². The summed E-state index contributed by atoms with van der Waals surface area (Å²) in [5.74, 6) is 0.510. The van der Waals surface area contributed by atoms with Gasteiger partial charge in [-0.1, -0.05) is 6.07 Å². The normalized spacial score (nSPS) is 17.6. The first-order chi connectivity index (χ1) is 9.20. The molecule has 0 amide bonds. The Morgan fingerprint density at radius 3 is 2.63 bits per heavy atom. The quantitative estimate of drug-likeness (QED) is 0.811. The summed E-state index contributed by atoms with van der Waals surface area (Å²) in [5.41, 5.74) is 0.708. The molecule has 1 aromatic carbocycles. The maximum atomic E-state index is 13.8. The summed E-state index contributed by atoms with van der Waals surface area (Å²) in [6, 6.07) is 5.03. The summed E-state index contributed by atoms with van der Waals surface area (Å²) in [7, 11) is 3.75. The molecule has 1 aliphatic heterocycles. The number of piperazine rings is 1. The number of methoxy groups -OCH3 is 1. The molecule has 1 saturated heterocycles. The van der Waals surface area contributed by atoms with Crippen molar-refractivity contribution in [3.63, 3.8) is 0 Å². The third-order valence-electron chi connectivity index (χ3n) is 3.79. The molecular weight excluding hydrogens is 243 g/mol. The van der Waals surface area contributed by atoms with Crippen molar-refractivity contribution >= 4 is 0 Å². The monoisotopic (exact) mass is 266 g/mol. The highest BCUT2D eigenvalue weighted by molar-refractivity contribution is 5.34. The van der Waals surface area contributed by atoms with Crippen LogP contribution in [0.5, 0.6) is 5.75 Å². The van der Waals surface area contributed by atoms with E-state index in [0.29, 0.717) is 11.3 Å². The van der Waals surface area contributed by atoms with Gasteiger partial charge in [0.05, 0.1) is 7.11 Å². The second-order valence-electron chi connectivity index (χ2n) is 5.17. The zero-order valence-electron chi connectivity index (χ0n) is 11.9. The number of halogens is 1. The molecule has 0 N–H and O–H groups in total. The molecule has 1 heterocycles. The average Bonchev–Trinajstić information content (AvgIpc) is 2.42. The van der Waals surface area contributed by atoms with Gasteiger partial charge in [-0.25, -0.2) is 4.39 Å². The predicted molar refractivity (Wildman–Crippen MR) is 75.2 cm³/mol. The number of benzene rings is 1. The summed E-state index contributed by atoms with van der Waals surface area (Å²) < 4.78 is 19.0. The smallest absolute Gasteiger partial charge is 0.130 e. The number of rotatable bonds is 5. The van der Waals surface area contributed by atoms with Crippen molar-refractivity contribution in [1.29, 1.82) is 0 Å². The molecule has 0 unspecified atom stereocenters. The van der Waals surface area contributed by atoms with Crippen LogP contribution >= 0.6 is 0 Å². The molecule has 0 spiro atoms. The number of likely N-dealkylation sites (N-methyl/N-ethyl adjacent to an activating group) is 1. The van der Waals surface area contributed by atoms with E-state index >= 15 is 0 Å². The lowest BCUT2D eigenvalue weighted by atomic mass is 10.1. The van der Waals surface area contributed by atoms with Crippen LogP contribution in [0.2, 0.25) is 0 Å². The predicted octanol–water partition coefficient (Wildman–Crippen LogP) is 2.01. The molecule has 0 radical (unpaired) electrons. The van der Waals surface area contributed by atoms with Gasteiger partial charge < -0.3 is 14.5 Å². The second-order valence-corrected chi connectivity index (χ2v) is 5.17. The van der Waals surface area contributed by atoms with E-state index < -0.39 is 0 Å². The highest BCUT2D eigenvalue weighted by Gasteiger charge is 2.14. The average molecular weight is 266 g/mol. The molecule has 1 aromatic rings. The number of hydrogen-bond acceptors (Lipinski definition) is 3. The van der Waals surface area contributed by atoms with Gasteiger partial charge in [0, 0.05) is 31.7 Å². The first kappa shape index (κ1) is 14.3. The van der Waals surface area contributed by atoms with E-state index in [0.717, 1.165) is 45.6 Å². The van der Waals surface area contributed by atoms with Crippen molar-refractivity contribution in [2.45, 2.75) is 12.8 Å². The largest absolute Gasteiger partial charge is 0.496 e. The topological polar surface area (TPSA) is 15.7 Å². The van der Waals surface area contributed by atoms with Gasteiger partial charge in [-0.2, -0.15) is 0 Å². The van der Waals surface area contributed by atoms with Gasteiger partial charge in [0.1, 0.15) is 11.6 Å². The zero-order chi connectivity index (χ0) is 13.7. The van der Waals surface area contributed by atoms with Gasteiger partial charge in [-0.3, -0.25) is 0 Å². The Morgan fingerprint density at radius 2 is 1.95 bits per heavy atom. The van der Waals surface area contributed by atoms with Crippen LogP contribution in [0.15, 0.2) is 18.2 Å². The van der Waals surface area contributed by atoms with Crippen molar-refractivity contribution < 1.29 is 9.13 Å². The van der Waals surface area contributed by atoms with Gasteiger partial charge >= 0.3 is 0 Å². The number of hydrogen-bond donors (Lipinski definition) is 0. The van der Waals surface area contributed by atoms with E-state index in [9.17, 15) is 4.39 Å². The van der Waals surface area contributed by atoms with Crippen LogP contribution in [0.4, 0.5) is 4.39 Å². The first-order valence-corrected chi connectivity index (χ1v) is 6.93. The lowest BCUT2D eigenvalue weighted by Crippen LogP contribution is -2.44. The highest BCUT2D eigenvalue weighted by Crippen LogP contribution is 2.22. The summed E-state index contributed by atoms with van der Waals surface area (Å²) in [4.78, 5) is 4.80. The van der Waals surface area contributed by atoms with Crippen LogP contribution in [0.3, 0.4) is 0 Å². The van der Waals surface area contributed by atoms with Gasteiger partial charge in [-0.05, 0) is 38.6 Å². The molecule has 106 valence electrons. The lowest BCUT2D eigenvalue weighted by molar-refractivity contribution is 0.153. The molecule has 0 aliphatic carbocycles. The second kappa shape index (κ2) is 6.87. The maximum Gasteiger partial charge on any atom is 0.130 e. The van der Waals surface area contributed by atoms with Gasteiger partial charge in [0.2, 0.25) is 0 Å². The summed E-state index contributed by atoms with van der Waals surface area (Å²) >= 11 is 0. The van der Waals surface area contributed by atoms with E-state index in [1.165, 1.54) is 6.07 Å². The highest BCUT2D eigenvalue weighted by atomic mass is 19.1.